The molecule has 1 fully saturated rings. The van der Waals surface area contributed by atoms with E-state index in [1.165, 1.54) is 0 Å². The molecule has 1 saturated heterocycles. The molecule has 0 aromatic rings. The smallest absolute Gasteiger partial charge is 0.326 e. The van der Waals surface area contributed by atoms with E-state index in [1.807, 2.05) is 0 Å². The van der Waals surface area contributed by atoms with Crippen LogP contribution in [0.4, 0.5) is 0 Å². The first kappa shape index (κ1) is 26.7. The quantitative estimate of drug-likeness (QED) is 0.104. The van der Waals surface area contributed by atoms with Gasteiger partial charge < -0.3 is 37.2 Å². The summed E-state index contributed by atoms with van der Waals surface area (Å²) in [6, 6.07) is -4.17. The largest absolute Gasteiger partial charge is 0.481 e. The summed E-state index contributed by atoms with van der Waals surface area (Å²) in [5, 5.41) is 28.2. The van der Waals surface area contributed by atoms with Crippen molar-refractivity contribution in [3.63, 3.8) is 0 Å². The zero-order valence-electron chi connectivity index (χ0n) is 17.1. The third-order valence-electron chi connectivity index (χ3n) is 4.77. The molecule has 0 aliphatic carbocycles. The second-order valence-electron chi connectivity index (χ2n) is 7.24. The average Bonchev–Trinajstić information content (AvgIpc) is 3.25. The summed E-state index contributed by atoms with van der Waals surface area (Å²) in [5.41, 5.74) is 5.46. The number of amides is 3. The van der Waals surface area contributed by atoms with Crippen molar-refractivity contribution in [2.75, 3.05) is 18.8 Å². The van der Waals surface area contributed by atoms with Crippen LogP contribution in [0.25, 0.3) is 0 Å². The van der Waals surface area contributed by atoms with Gasteiger partial charge in [0.15, 0.2) is 0 Å². The highest BCUT2D eigenvalue weighted by atomic mass is 32.1. The maximum absolute atomic E-state index is 12.7. The summed E-state index contributed by atoms with van der Waals surface area (Å²) in [5.74, 6) is -4.75. The molecule has 1 aliphatic rings. The fourth-order valence-corrected chi connectivity index (χ4v) is 3.31. The third kappa shape index (κ3) is 9.53. The maximum Gasteiger partial charge on any atom is 0.326 e. The minimum Gasteiger partial charge on any atom is -0.481 e. The summed E-state index contributed by atoms with van der Waals surface area (Å²) in [4.78, 5) is 59.6. The van der Waals surface area contributed by atoms with E-state index in [0.29, 0.717) is 32.4 Å². The molecule has 4 atom stereocenters. The van der Waals surface area contributed by atoms with Crippen molar-refractivity contribution in [1.82, 2.24) is 21.3 Å². The molecule has 0 saturated carbocycles. The molecule has 176 valence electrons. The number of carboxylic acid groups (broad SMARTS) is 2. The van der Waals surface area contributed by atoms with E-state index in [9.17, 15) is 24.0 Å². The zero-order chi connectivity index (χ0) is 23.4. The topological polar surface area (TPSA) is 200 Å². The number of nitrogens with two attached hydrogens (primary N) is 1. The number of aliphatic carboxylic acids is 2. The number of hydrogen-bond donors (Lipinski definition) is 8. The van der Waals surface area contributed by atoms with Gasteiger partial charge in [0, 0.05) is 5.75 Å². The molecule has 0 radical (unpaired) electrons. The summed E-state index contributed by atoms with van der Waals surface area (Å²) in [6.45, 7) is 1.07. The van der Waals surface area contributed by atoms with Gasteiger partial charge in [-0.2, -0.15) is 12.6 Å². The van der Waals surface area contributed by atoms with Crippen LogP contribution >= 0.6 is 12.6 Å². The lowest BCUT2D eigenvalue weighted by molar-refractivity contribution is -0.147. The minimum absolute atomic E-state index is 0.0157. The van der Waals surface area contributed by atoms with Crippen molar-refractivity contribution in [3.05, 3.63) is 0 Å². The van der Waals surface area contributed by atoms with Crippen molar-refractivity contribution in [1.29, 1.82) is 0 Å². The Morgan fingerprint density at radius 2 is 1.65 bits per heavy atom. The molecule has 0 aromatic carbocycles. The van der Waals surface area contributed by atoms with E-state index in [1.54, 1.807) is 0 Å². The van der Waals surface area contributed by atoms with Crippen LogP contribution in [-0.2, 0) is 24.0 Å². The Morgan fingerprint density at radius 3 is 2.16 bits per heavy atom. The van der Waals surface area contributed by atoms with E-state index >= 15 is 0 Å². The first-order chi connectivity index (χ1) is 14.7. The van der Waals surface area contributed by atoms with Gasteiger partial charge in [0.05, 0.1) is 12.5 Å². The van der Waals surface area contributed by atoms with Gasteiger partial charge in [-0.1, -0.05) is 0 Å². The lowest BCUT2D eigenvalue weighted by atomic mass is 10.1. The Bertz CT molecular complexity index is 657. The highest BCUT2D eigenvalue weighted by Gasteiger charge is 2.31. The number of carbonyl (C=O) groups excluding carboxylic acids is 3. The highest BCUT2D eigenvalue weighted by Crippen LogP contribution is 2.07. The van der Waals surface area contributed by atoms with Gasteiger partial charge in [-0.25, -0.2) is 4.79 Å². The molecule has 8 N–H and O–H groups in total. The fourth-order valence-electron chi connectivity index (χ4n) is 3.06. The van der Waals surface area contributed by atoms with Gasteiger partial charge in [0.1, 0.15) is 18.1 Å². The van der Waals surface area contributed by atoms with Gasteiger partial charge in [-0.3, -0.25) is 19.2 Å². The molecule has 0 aromatic heterocycles. The van der Waals surface area contributed by atoms with Crippen LogP contribution in [0.2, 0.25) is 0 Å². The molecular weight excluding hydrogens is 430 g/mol. The first-order valence-corrected chi connectivity index (χ1v) is 10.7. The van der Waals surface area contributed by atoms with Crippen molar-refractivity contribution >= 4 is 42.3 Å². The lowest BCUT2D eigenvalue weighted by Crippen LogP contribution is -2.57. The fraction of sp³-hybridized carbons (Fsp3) is 0.722. The Balaban J connectivity index is 2.81. The molecule has 1 aliphatic heterocycles. The summed E-state index contributed by atoms with van der Waals surface area (Å²) >= 11 is 4.10. The highest BCUT2D eigenvalue weighted by molar-refractivity contribution is 7.80. The van der Waals surface area contributed by atoms with Crippen LogP contribution in [0.1, 0.15) is 38.5 Å². The van der Waals surface area contributed by atoms with E-state index in [2.05, 4.69) is 33.9 Å². The molecule has 0 spiro atoms. The van der Waals surface area contributed by atoms with Crippen LogP contribution in [-0.4, -0.2) is 82.9 Å². The standard InChI is InChI=1S/C18H31N5O7S/c19-6-2-1-4-11(16(27)22-12(18(29)30)8-14(24)25)21-17(28)13(9-31)23-15(26)10-5-3-7-20-10/h10-13,20,31H,1-9,19H2,(H,21,28)(H,22,27)(H,23,26)(H,24,25)(H,29,30). The maximum atomic E-state index is 12.7. The summed E-state index contributed by atoms with van der Waals surface area (Å²) in [6.07, 6.45) is 1.88. The Kier molecular flexibility index (Phi) is 11.9. The predicted octanol–water partition coefficient (Wildman–Crippen LogP) is -2.19. The number of carboxylic acids is 2. The van der Waals surface area contributed by atoms with Crippen LogP contribution in [0.3, 0.4) is 0 Å². The van der Waals surface area contributed by atoms with Crippen molar-refractivity contribution in [2.24, 2.45) is 5.73 Å². The van der Waals surface area contributed by atoms with Gasteiger partial charge in [-0.15, -0.1) is 0 Å². The first-order valence-electron chi connectivity index (χ1n) is 10.1. The second-order valence-corrected chi connectivity index (χ2v) is 7.60. The van der Waals surface area contributed by atoms with Crippen LogP contribution < -0.4 is 27.0 Å². The number of hydrogen-bond acceptors (Lipinski definition) is 8. The Morgan fingerprint density at radius 1 is 1.00 bits per heavy atom. The van der Waals surface area contributed by atoms with E-state index in [4.69, 9.17) is 15.9 Å². The normalized spacial score (nSPS) is 18.5. The number of thiol groups is 1. The van der Waals surface area contributed by atoms with Gasteiger partial charge in [0.25, 0.3) is 0 Å². The van der Waals surface area contributed by atoms with E-state index < -0.39 is 54.3 Å². The van der Waals surface area contributed by atoms with Crippen LogP contribution in [0.5, 0.6) is 0 Å². The number of rotatable bonds is 14. The monoisotopic (exact) mass is 461 g/mol. The second kappa shape index (κ2) is 13.8. The summed E-state index contributed by atoms with van der Waals surface area (Å²) in [7, 11) is 0. The van der Waals surface area contributed by atoms with Crippen LogP contribution in [0, 0.1) is 0 Å². The molecule has 13 heteroatoms. The van der Waals surface area contributed by atoms with Crippen molar-refractivity contribution in [2.45, 2.75) is 62.7 Å². The lowest BCUT2D eigenvalue weighted by Gasteiger charge is -2.24. The molecule has 0 bridgehead atoms. The molecule has 12 nitrogen and oxygen atoms in total. The summed E-state index contributed by atoms with van der Waals surface area (Å²) < 4.78 is 0. The van der Waals surface area contributed by atoms with Gasteiger partial charge in [-0.05, 0) is 45.2 Å². The van der Waals surface area contributed by atoms with Crippen molar-refractivity contribution in [3.8, 4) is 0 Å². The average molecular weight is 462 g/mol. The Hall–Kier alpha value is -2.38. The number of carbonyl (C=O) groups is 5. The van der Waals surface area contributed by atoms with E-state index in [-0.39, 0.29) is 18.1 Å². The Labute approximate surface area is 185 Å². The van der Waals surface area contributed by atoms with Crippen LogP contribution in [0.15, 0.2) is 0 Å². The van der Waals surface area contributed by atoms with Crippen molar-refractivity contribution < 1.29 is 34.2 Å². The molecule has 31 heavy (non-hydrogen) atoms. The minimum atomic E-state index is -1.65. The number of nitrogens with one attached hydrogen (secondary N) is 4. The van der Waals surface area contributed by atoms with Gasteiger partial charge in [0.2, 0.25) is 17.7 Å². The molecule has 4 unspecified atom stereocenters. The molecular formula is C18H31N5O7S. The SMILES string of the molecule is NCCCCC(NC(=O)C(CS)NC(=O)C1CCCN1)C(=O)NC(CC(=O)O)C(=O)O. The molecule has 3 amide bonds. The zero-order valence-corrected chi connectivity index (χ0v) is 18.0. The molecule has 1 heterocycles. The van der Waals surface area contributed by atoms with Gasteiger partial charge >= 0.3 is 11.9 Å². The predicted molar refractivity (Wildman–Crippen MR) is 113 cm³/mol. The third-order valence-corrected chi connectivity index (χ3v) is 5.13. The number of unbranched alkanes of at least 4 members (excludes halogenated alkanes) is 1. The molecule has 1 rings (SSSR count). The van der Waals surface area contributed by atoms with E-state index in [0.717, 1.165) is 6.42 Å².